The van der Waals surface area contributed by atoms with E-state index in [9.17, 15) is 0 Å². The molecule has 0 radical (unpaired) electrons. The third-order valence-electron chi connectivity index (χ3n) is 1.86. The second-order valence-corrected chi connectivity index (χ2v) is 3.07. The summed E-state index contributed by atoms with van der Waals surface area (Å²) in [6.07, 6.45) is 3.62. The van der Waals surface area contributed by atoms with Crippen LogP contribution < -0.4 is 5.32 Å². The van der Waals surface area contributed by atoms with Crippen molar-refractivity contribution in [3.8, 4) is 5.75 Å². The van der Waals surface area contributed by atoms with Gasteiger partial charge in [-0.05, 0) is 24.3 Å². The highest BCUT2D eigenvalue weighted by molar-refractivity contribution is 5.58. The fourth-order valence-corrected chi connectivity index (χ4v) is 1.20. The summed E-state index contributed by atoms with van der Waals surface area (Å²) in [6.45, 7) is 0. The minimum atomic E-state index is 0.265. The first-order valence-electron chi connectivity index (χ1n) is 4.29. The molecule has 2 rings (SSSR count). The Bertz CT molecular complexity index is 419. The van der Waals surface area contributed by atoms with Crippen LogP contribution in [0, 0.1) is 0 Å². The maximum atomic E-state index is 9.08. The zero-order valence-corrected chi connectivity index (χ0v) is 7.81. The molecule has 4 heteroatoms. The van der Waals surface area contributed by atoms with Gasteiger partial charge in [0, 0.05) is 18.9 Å². The largest absolute Gasteiger partial charge is 0.508 e. The molecule has 2 aromatic rings. The van der Waals surface area contributed by atoms with E-state index in [0.717, 1.165) is 11.4 Å². The molecule has 14 heavy (non-hydrogen) atoms. The van der Waals surface area contributed by atoms with Gasteiger partial charge in [0.1, 0.15) is 5.75 Å². The van der Waals surface area contributed by atoms with Gasteiger partial charge in [-0.2, -0.15) is 5.10 Å². The standard InChI is InChI=1S/C10H11N3O/c1-13-7-9(6-11-13)12-8-2-4-10(14)5-3-8/h2-7,12,14H,1H3. The smallest absolute Gasteiger partial charge is 0.115 e. The molecular formula is C10H11N3O. The van der Waals surface area contributed by atoms with Gasteiger partial charge < -0.3 is 10.4 Å². The average Bonchev–Trinajstić information content (AvgIpc) is 2.56. The fourth-order valence-electron chi connectivity index (χ4n) is 1.20. The number of benzene rings is 1. The van der Waals surface area contributed by atoms with E-state index in [1.54, 1.807) is 23.0 Å². The van der Waals surface area contributed by atoms with Crippen molar-refractivity contribution < 1.29 is 5.11 Å². The lowest BCUT2D eigenvalue weighted by Crippen LogP contribution is -1.88. The summed E-state index contributed by atoms with van der Waals surface area (Å²) < 4.78 is 1.72. The average molecular weight is 189 g/mol. The van der Waals surface area contributed by atoms with E-state index in [0.29, 0.717) is 0 Å². The van der Waals surface area contributed by atoms with E-state index in [-0.39, 0.29) is 5.75 Å². The van der Waals surface area contributed by atoms with Gasteiger partial charge in [0.15, 0.2) is 0 Å². The Balaban J connectivity index is 2.15. The van der Waals surface area contributed by atoms with Crippen molar-refractivity contribution in [3.05, 3.63) is 36.7 Å². The van der Waals surface area contributed by atoms with Crippen LogP contribution in [0.5, 0.6) is 5.75 Å². The molecule has 0 saturated heterocycles. The first kappa shape index (κ1) is 8.62. The number of hydrogen-bond acceptors (Lipinski definition) is 3. The zero-order valence-electron chi connectivity index (χ0n) is 7.81. The second kappa shape index (κ2) is 3.41. The van der Waals surface area contributed by atoms with Gasteiger partial charge in [-0.15, -0.1) is 0 Å². The van der Waals surface area contributed by atoms with E-state index in [4.69, 9.17) is 5.11 Å². The summed E-state index contributed by atoms with van der Waals surface area (Å²) in [5, 5.41) is 16.3. The van der Waals surface area contributed by atoms with E-state index in [1.165, 1.54) is 0 Å². The number of aryl methyl sites for hydroxylation is 1. The van der Waals surface area contributed by atoms with Crippen molar-refractivity contribution in [2.24, 2.45) is 7.05 Å². The number of anilines is 2. The Labute approximate surface area is 81.8 Å². The summed E-state index contributed by atoms with van der Waals surface area (Å²) in [6, 6.07) is 6.89. The molecule has 0 aliphatic heterocycles. The summed E-state index contributed by atoms with van der Waals surface area (Å²) in [7, 11) is 1.86. The SMILES string of the molecule is Cn1cc(Nc2ccc(O)cc2)cn1. The van der Waals surface area contributed by atoms with Gasteiger partial charge in [-0.25, -0.2) is 0 Å². The molecule has 0 aliphatic carbocycles. The highest BCUT2D eigenvalue weighted by Gasteiger charge is 1.96. The Hall–Kier alpha value is -1.97. The Morgan fingerprint density at radius 3 is 2.50 bits per heavy atom. The lowest BCUT2D eigenvalue weighted by atomic mass is 10.3. The van der Waals surface area contributed by atoms with Crippen molar-refractivity contribution in [2.75, 3.05) is 5.32 Å². The monoisotopic (exact) mass is 189 g/mol. The third kappa shape index (κ3) is 1.85. The van der Waals surface area contributed by atoms with Crippen LogP contribution in [0.2, 0.25) is 0 Å². The molecule has 2 N–H and O–H groups in total. The van der Waals surface area contributed by atoms with Gasteiger partial charge in [0.25, 0.3) is 0 Å². The minimum Gasteiger partial charge on any atom is -0.508 e. The lowest BCUT2D eigenvalue weighted by Gasteiger charge is -2.02. The maximum Gasteiger partial charge on any atom is 0.115 e. The number of aromatic hydroxyl groups is 1. The molecule has 0 amide bonds. The lowest BCUT2D eigenvalue weighted by molar-refractivity contribution is 0.475. The number of nitrogens with one attached hydrogen (secondary N) is 1. The number of phenols is 1. The van der Waals surface area contributed by atoms with Crippen molar-refractivity contribution in [1.82, 2.24) is 9.78 Å². The summed E-state index contributed by atoms with van der Waals surface area (Å²) in [4.78, 5) is 0. The molecule has 1 aromatic carbocycles. The highest BCUT2D eigenvalue weighted by atomic mass is 16.3. The van der Waals surface area contributed by atoms with E-state index >= 15 is 0 Å². The second-order valence-electron chi connectivity index (χ2n) is 3.07. The molecule has 4 nitrogen and oxygen atoms in total. The number of phenolic OH excluding ortho intramolecular Hbond substituents is 1. The fraction of sp³-hybridized carbons (Fsp3) is 0.100. The molecule has 0 fully saturated rings. The van der Waals surface area contributed by atoms with Crippen molar-refractivity contribution in [1.29, 1.82) is 0 Å². The van der Waals surface area contributed by atoms with E-state index in [1.807, 2.05) is 25.4 Å². The molecule has 72 valence electrons. The molecule has 0 spiro atoms. The first-order chi connectivity index (χ1) is 6.74. The van der Waals surface area contributed by atoms with Crippen LogP contribution in [0.4, 0.5) is 11.4 Å². The zero-order chi connectivity index (χ0) is 9.97. The van der Waals surface area contributed by atoms with Crippen LogP contribution in [-0.4, -0.2) is 14.9 Å². The van der Waals surface area contributed by atoms with Gasteiger partial charge in [-0.3, -0.25) is 4.68 Å². The normalized spacial score (nSPS) is 10.1. The van der Waals surface area contributed by atoms with Crippen LogP contribution in [0.25, 0.3) is 0 Å². The Kier molecular flexibility index (Phi) is 2.10. The first-order valence-corrected chi connectivity index (χ1v) is 4.29. The quantitative estimate of drug-likeness (QED) is 0.709. The Morgan fingerprint density at radius 1 is 1.21 bits per heavy atom. The predicted molar refractivity (Wildman–Crippen MR) is 54.6 cm³/mol. The molecular weight excluding hydrogens is 178 g/mol. The van der Waals surface area contributed by atoms with Gasteiger partial charge in [0.05, 0.1) is 11.9 Å². The molecule has 0 atom stereocenters. The number of aromatic nitrogens is 2. The van der Waals surface area contributed by atoms with Gasteiger partial charge in [0.2, 0.25) is 0 Å². The highest BCUT2D eigenvalue weighted by Crippen LogP contribution is 2.18. The Morgan fingerprint density at radius 2 is 1.93 bits per heavy atom. The van der Waals surface area contributed by atoms with Gasteiger partial charge in [-0.1, -0.05) is 0 Å². The summed E-state index contributed by atoms with van der Waals surface area (Å²) >= 11 is 0. The third-order valence-corrected chi connectivity index (χ3v) is 1.86. The van der Waals surface area contributed by atoms with Crippen LogP contribution in [-0.2, 0) is 7.05 Å². The topological polar surface area (TPSA) is 50.1 Å². The predicted octanol–water partition coefficient (Wildman–Crippen LogP) is 1.87. The molecule has 0 aliphatic rings. The van der Waals surface area contributed by atoms with Crippen LogP contribution in [0.1, 0.15) is 0 Å². The van der Waals surface area contributed by atoms with Crippen molar-refractivity contribution >= 4 is 11.4 Å². The van der Waals surface area contributed by atoms with Gasteiger partial charge >= 0.3 is 0 Å². The van der Waals surface area contributed by atoms with Crippen LogP contribution >= 0.6 is 0 Å². The summed E-state index contributed by atoms with van der Waals surface area (Å²) in [5.41, 5.74) is 1.86. The van der Waals surface area contributed by atoms with Crippen LogP contribution in [0.3, 0.4) is 0 Å². The number of nitrogens with zero attached hydrogens (tertiary/aromatic N) is 2. The van der Waals surface area contributed by atoms with E-state index < -0.39 is 0 Å². The molecule has 0 unspecified atom stereocenters. The molecule has 1 aromatic heterocycles. The van der Waals surface area contributed by atoms with E-state index in [2.05, 4.69) is 10.4 Å². The number of rotatable bonds is 2. The molecule has 1 heterocycles. The maximum absolute atomic E-state index is 9.08. The molecule has 0 saturated carbocycles. The number of hydrogen-bond donors (Lipinski definition) is 2. The van der Waals surface area contributed by atoms with Crippen LogP contribution in [0.15, 0.2) is 36.7 Å². The molecule has 0 bridgehead atoms. The van der Waals surface area contributed by atoms with Crippen molar-refractivity contribution in [3.63, 3.8) is 0 Å². The minimum absolute atomic E-state index is 0.265. The summed E-state index contributed by atoms with van der Waals surface area (Å²) in [5.74, 6) is 0.265. The van der Waals surface area contributed by atoms with Crippen molar-refractivity contribution in [2.45, 2.75) is 0 Å².